The molecule has 0 amide bonds. The van der Waals surface area contributed by atoms with Crippen LogP contribution in [0.1, 0.15) is 17.0 Å². The van der Waals surface area contributed by atoms with E-state index in [9.17, 15) is 10.4 Å². The molecule has 3 rings (SSSR count). The molecule has 4 nitrogen and oxygen atoms in total. The quantitative estimate of drug-likeness (QED) is 0.693. The molecule has 5 heteroatoms. The minimum absolute atomic E-state index is 0.0107. The molecular formula is C17H12ClN3O. The van der Waals surface area contributed by atoms with Gasteiger partial charge in [0.25, 0.3) is 0 Å². The van der Waals surface area contributed by atoms with Crippen molar-refractivity contribution >= 4 is 34.3 Å². The highest BCUT2D eigenvalue weighted by Crippen LogP contribution is 2.26. The van der Waals surface area contributed by atoms with Crippen molar-refractivity contribution in [1.82, 2.24) is 9.97 Å². The molecule has 0 aliphatic carbocycles. The Bertz CT molecular complexity index is 935. The number of halogens is 1. The van der Waals surface area contributed by atoms with Crippen LogP contribution in [0.5, 0.6) is 5.75 Å². The van der Waals surface area contributed by atoms with Crippen LogP contribution in [0.3, 0.4) is 0 Å². The minimum atomic E-state index is 0.0107. The smallest absolute Gasteiger partial charge is 0.149 e. The number of benzene rings is 2. The molecule has 0 atom stereocenters. The summed E-state index contributed by atoms with van der Waals surface area (Å²) in [5.41, 5.74) is 3.94. The summed E-state index contributed by atoms with van der Waals surface area (Å²) in [6.07, 6.45) is 1.68. The van der Waals surface area contributed by atoms with Crippen LogP contribution < -0.4 is 0 Å². The van der Waals surface area contributed by atoms with Crippen molar-refractivity contribution in [2.75, 3.05) is 0 Å². The molecule has 2 aromatic carbocycles. The molecule has 0 radical (unpaired) electrons. The lowest BCUT2D eigenvalue weighted by Crippen LogP contribution is -1.85. The fourth-order valence-electron chi connectivity index (χ4n) is 2.18. The van der Waals surface area contributed by atoms with Gasteiger partial charge in [0.1, 0.15) is 17.6 Å². The van der Waals surface area contributed by atoms with Gasteiger partial charge < -0.3 is 10.1 Å². The van der Waals surface area contributed by atoms with E-state index in [0.717, 1.165) is 22.2 Å². The molecule has 3 aromatic rings. The van der Waals surface area contributed by atoms with Gasteiger partial charge in [0.15, 0.2) is 0 Å². The van der Waals surface area contributed by atoms with Crippen molar-refractivity contribution in [3.63, 3.8) is 0 Å². The SMILES string of the molecule is Cc1ccc2nc(/C(C#N)=C/c3ccc(O)c(Cl)c3)[nH]c2c1. The second kappa shape index (κ2) is 5.55. The van der Waals surface area contributed by atoms with Gasteiger partial charge >= 0.3 is 0 Å². The van der Waals surface area contributed by atoms with Crippen LogP contribution in [0.4, 0.5) is 0 Å². The fourth-order valence-corrected chi connectivity index (χ4v) is 2.37. The van der Waals surface area contributed by atoms with E-state index in [1.54, 1.807) is 18.2 Å². The summed E-state index contributed by atoms with van der Waals surface area (Å²) in [5.74, 6) is 0.517. The number of fused-ring (bicyclic) bond motifs is 1. The highest BCUT2D eigenvalue weighted by atomic mass is 35.5. The second-order valence-corrected chi connectivity index (χ2v) is 5.39. The molecule has 1 heterocycles. The number of phenols is 1. The molecule has 1 aromatic heterocycles. The summed E-state index contributed by atoms with van der Waals surface area (Å²) in [6, 6.07) is 12.8. The molecule has 0 aliphatic heterocycles. The van der Waals surface area contributed by atoms with E-state index in [0.29, 0.717) is 11.4 Å². The van der Waals surface area contributed by atoms with Crippen molar-refractivity contribution in [3.05, 3.63) is 58.4 Å². The molecule has 2 N–H and O–H groups in total. The second-order valence-electron chi connectivity index (χ2n) is 4.99. The lowest BCUT2D eigenvalue weighted by Gasteiger charge is -1.99. The van der Waals surface area contributed by atoms with Gasteiger partial charge in [-0.25, -0.2) is 4.98 Å². The average Bonchev–Trinajstić information content (AvgIpc) is 2.91. The van der Waals surface area contributed by atoms with Crippen molar-refractivity contribution in [3.8, 4) is 11.8 Å². The lowest BCUT2D eigenvalue weighted by atomic mass is 10.1. The van der Waals surface area contributed by atoms with Crippen LogP contribution in [0, 0.1) is 18.3 Å². The molecule has 22 heavy (non-hydrogen) atoms. The molecule has 0 unspecified atom stereocenters. The topological polar surface area (TPSA) is 72.7 Å². The average molecular weight is 310 g/mol. The number of imidazole rings is 1. The Morgan fingerprint density at radius 3 is 2.86 bits per heavy atom. The first-order valence-corrected chi connectivity index (χ1v) is 7.01. The normalized spacial score (nSPS) is 11.6. The van der Waals surface area contributed by atoms with Gasteiger partial charge in [-0.05, 0) is 48.4 Å². The molecule has 0 bridgehead atoms. The Morgan fingerprint density at radius 1 is 1.32 bits per heavy atom. The largest absolute Gasteiger partial charge is 0.506 e. The molecular weight excluding hydrogens is 298 g/mol. The van der Waals surface area contributed by atoms with Crippen molar-refractivity contribution < 1.29 is 5.11 Å². The number of phenolic OH excluding ortho intramolecular Hbond substituents is 1. The summed E-state index contributed by atoms with van der Waals surface area (Å²) >= 11 is 5.88. The summed E-state index contributed by atoms with van der Waals surface area (Å²) < 4.78 is 0. The number of H-pyrrole nitrogens is 1. The van der Waals surface area contributed by atoms with Crippen LogP contribution in [0.25, 0.3) is 22.7 Å². The Morgan fingerprint density at radius 2 is 2.14 bits per heavy atom. The summed E-state index contributed by atoms with van der Waals surface area (Å²) in [5, 5.41) is 19.1. The van der Waals surface area contributed by atoms with Crippen molar-refractivity contribution in [1.29, 1.82) is 5.26 Å². The van der Waals surface area contributed by atoms with Gasteiger partial charge in [-0.2, -0.15) is 5.26 Å². The Kier molecular flexibility index (Phi) is 3.58. The molecule has 108 valence electrons. The molecule has 0 saturated carbocycles. The van der Waals surface area contributed by atoms with Gasteiger partial charge in [-0.15, -0.1) is 0 Å². The zero-order chi connectivity index (χ0) is 15.7. The zero-order valence-corrected chi connectivity index (χ0v) is 12.5. The van der Waals surface area contributed by atoms with Gasteiger partial charge in [-0.1, -0.05) is 23.7 Å². The van der Waals surface area contributed by atoms with Crippen molar-refractivity contribution in [2.24, 2.45) is 0 Å². The third-order valence-electron chi connectivity index (χ3n) is 3.30. The van der Waals surface area contributed by atoms with E-state index in [1.807, 2.05) is 25.1 Å². The van der Waals surface area contributed by atoms with E-state index in [-0.39, 0.29) is 10.8 Å². The first-order valence-electron chi connectivity index (χ1n) is 6.64. The van der Waals surface area contributed by atoms with E-state index < -0.39 is 0 Å². The molecule has 0 fully saturated rings. The van der Waals surface area contributed by atoms with E-state index in [1.165, 1.54) is 6.07 Å². The van der Waals surface area contributed by atoms with E-state index in [4.69, 9.17) is 11.6 Å². The minimum Gasteiger partial charge on any atom is -0.506 e. The monoisotopic (exact) mass is 309 g/mol. The lowest BCUT2D eigenvalue weighted by molar-refractivity contribution is 0.475. The number of aromatic hydroxyl groups is 1. The Balaban J connectivity index is 2.07. The van der Waals surface area contributed by atoms with E-state index in [2.05, 4.69) is 16.0 Å². The third kappa shape index (κ3) is 2.67. The molecule has 0 saturated heterocycles. The predicted molar refractivity (Wildman–Crippen MR) is 87.4 cm³/mol. The first-order chi connectivity index (χ1) is 10.6. The summed E-state index contributed by atoms with van der Waals surface area (Å²) in [4.78, 5) is 7.58. The fraction of sp³-hybridized carbons (Fsp3) is 0.0588. The number of nitriles is 1. The van der Waals surface area contributed by atoms with Crippen LogP contribution in [-0.2, 0) is 0 Å². The number of rotatable bonds is 2. The number of hydrogen-bond donors (Lipinski definition) is 2. The summed E-state index contributed by atoms with van der Waals surface area (Å²) in [6.45, 7) is 2.00. The molecule has 0 spiro atoms. The summed E-state index contributed by atoms with van der Waals surface area (Å²) in [7, 11) is 0. The van der Waals surface area contributed by atoms with Gasteiger partial charge in [0, 0.05) is 0 Å². The number of aromatic nitrogens is 2. The Hall–Kier alpha value is -2.77. The standard InChI is InChI=1S/C17H12ClN3O/c1-10-2-4-14-15(6-10)21-17(20-14)12(9-19)7-11-3-5-16(22)13(18)8-11/h2-8,22H,1H3,(H,20,21)/b12-7+. The van der Waals surface area contributed by atoms with Gasteiger partial charge in [0.2, 0.25) is 0 Å². The maximum atomic E-state index is 9.44. The Labute approximate surface area is 132 Å². The van der Waals surface area contributed by atoms with Crippen LogP contribution in [-0.4, -0.2) is 15.1 Å². The number of hydrogen-bond acceptors (Lipinski definition) is 3. The van der Waals surface area contributed by atoms with Crippen LogP contribution >= 0.6 is 11.6 Å². The number of aryl methyl sites for hydroxylation is 1. The van der Waals surface area contributed by atoms with Crippen LogP contribution in [0.2, 0.25) is 5.02 Å². The van der Waals surface area contributed by atoms with E-state index >= 15 is 0 Å². The predicted octanol–water partition coefficient (Wildman–Crippen LogP) is 4.29. The van der Waals surface area contributed by atoms with Crippen LogP contribution in [0.15, 0.2) is 36.4 Å². The first kappa shape index (κ1) is 14.2. The highest BCUT2D eigenvalue weighted by molar-refractivity contribution is 6.32. The number of aromatic amines is 1. The number of nitrogens with one attached hydrogen (secondary N) is 1. The van der Waals surface area contributed by atoms with Crippen molar-refractivity contribution in [2.45, 2.75) is 6.92 Å². The third-order valence-corrected chi connectivity index (χ3v) is 3.60. The maximum absolute atomic E-state index is 9.44. The number of allylic oxidation sites excluding steroid dienone is 1. The molecule has 0 aliphatic rings. The van der Waals surface area contributed by atoms with Gasteiger partial charge in [-0.3, -0.25) is 0 Å². The van der Waals surface area contributed by atoms with Gasteiger partial charge in [0.05, 0.1) is 21.6 Å². The number of nitrogens with zero attached hydrogens (tertiary/aromatic N) is 2. The zero-order valence-electron chi connectivity index (χ0n) is 11.8. The highest BCUT2D eigenvalue weighted by Gasteiger charge is 2.08. The maximum Gasteiger partial charge on any atom is 0.149 e.